The summed E-state index contributed by atoms with van der Waals surface area (Å²) in [5.74, 6) is 1.60. The van der Waals surface area contributed by atoms with Gasteiger partial charge in [0.25, 0.3) is 0 Å². The average Bonchev–Trinajstić information content (AvgIpc) is 3.02. The van der Waals surface area contributed by atoms with Crippen molar-refractivity contribution < 1.29 is 9.52 Å². The molecule has 1 aromatic carbocycles. The van der Waals surface area contributed by atoms with Crippen LogP contribution in [0.1, 0.15) is 38.0 Å². The van der Waals surface area contributed by atoms with Crippen molar-refractivity contribution in [3.05, 3.63) is 35.6 Å². The summed E-state index contributed by atoms with van der Waals surface area (Å²) < 4.78 is 5.87. The molecule has 0 amide bonds. The number of likely N-dealkylation sites (tertiary alicyclic amines) is 1. The molecule has 1 aromatic heterocycles. The van der Waals surface area contributed by atoms with Gasteiger partial charge in [-0.15, -0.1) is 0 Å². The Labute approximate surface area is 150 Å². The van der Waals surface area contributed by atoms with Gasteiger partial charge < -0.3 is 19.7 Å². The lowest BCUT2D eigenvalue weighted by molar-refractivity contribution is -0.0828. The molecular weight excluding hydrogens is 312 g/mol. The first kappa shape index (κ1) is 17.1. The van der Waals surface area contributed by atoms with Crippen LogP contribution in [0.25, 0.3) is 11.0 Å². The zero-order valence-corrected chi connectivity index (χ0v) is 15.7. The minimum atomic E-state index is -0.256. The molecule has 136 valence electrons. The van der Waals surface area contributed by atoms with Crippen molar-refractivity contribution in [2.45, 2.75) is 58.3 Å². The van der Waals surface area contributed by atoms with Crippen LogP contribution < -0.4 is 5.32 Å². The topological polar surface area (TPSA) is 48.6 Å². The molecule has 2 fully saturated rings. The van der Waals surface area contributed by atoms with Gasteiger partial charge in [-0.3, -0.25) is 0 Å². The smallest absolute Gasteiger partial charge is 0.134 e. The highest BCUT2D eigenvalue weighted by molar-refractivity contribution is 5.82. The van der Waals surface area contributed by atoms with Gasteiger partial charge >= 0.3 is 0 Å². The summed E-state index contributed by atoms with van der Waals surface area (Å²) in [7, 11) is 2.21. The number of aliphatic hydroxyl groups excluding tert-OH is 1. The standard InChI is InChI=1S/C21H30N2O2/c1-13(2)20-21(12-23(20)4)9-17(18(24)10-21)22-11-16-14(3)25-19-8-6-5-7-15(16)19/h5-8,13,17-18,20,22,24H,9-12H2,1-4H3/t17-,18-,20?,21?/m1/s1. The lowest BCUT2D eigenvalue weighted by atomic mass is 9.66. The van der Waals surface area contributed by atoms with Gasteiger partial charge in [-0.25, -0.2) is 0 Å². The van der Waals surface area contributed by atoms with Gasteiger partial charge in [0.05, 0.1) is 6.10 Å². The number of fused-ring (bicyclic) bond motifs is 1. The van der Waals surface area contributed by atoms with Crippen molar-refractivity contribution >= 4 is 11.0 Å². The summed E-state index contributed by atoms with van der Waals surface area (Å²) in [5, 5.41) is 15.5. The molecule has 4 nitrogen and oxygen atoms in total. The van der Waals surface area contributed by atoms with Crippen LogP contribution in [0.15, 0.2) is 28.7 Å². The molecule has 2 heterocycles. The van der Waals surface area contributed by atoms with Crippen LogP contribution in [0.5, 0.6) is 0 Å². The maximum Gasteiger partial charge on any atom is 0.134 e. The van der Waals surface area contributed by atoms with Gasteiger partial charge in [0.1, 0.15) is 11.3 Å². The largest absolute Gasteiger partial charge is 0.461 e. The van der Waals surface area contributed by atoms with Crippen LogP contribution in [0.2, 0.25) is 0 Å². The van der Waals surface area contributed by atoms with Crippen molar-refractivity contribution in [1.29, 1.82) is 0 Å². The quantitative estimate of drug-likeness (QED) is 0.895. The first-order valence-corrected chi connectivity index (χ1v) is 9.50. The monoisotopic (exact) mass is 342 g/mol. The molecule has 0 bridgehead atoms. The van der Waals surface area contributed by atoms with E-state index in [0.717, 1.165) is 37.3 Å². The number of rotatable bonds is 4. The van der Waals surface area contributed by atoms with Gasteiger partial charge in [0, 0.05) is 41.5 Å². The number of para-hydroxylation sites is 1. The molecule has 1 aliphatic carbocycles. The van der Waals surface area contributed by atoms with Crippen LogP contribution in [0.3, 0.4) is 0 Å². The molecule has 2 unspecified atom stereocenters. The van der Waals surface area contributed by atoms with Gasteiger partial charge in [-0.05, 0) is 38.8 Å². The second kappa shape index (κ2) is 6.11. The first-order valence-electron chi connectivity index (χ1n) is 9.50. The highest BCUT2D eigenvalue weighted by Gasteiger charge is 2.57. The molecule has 2 N–H and O–H groups in total. The molecule has 1 aliphatic heterocycles. The second-order valence-corrected chi connectivity index (χ2v) is 8.56. The summed E-state index contributed by atoms with van der Waals surface area (Å²) in [4.78, 5) is 2.45. The van der Waals surface area contributed by atoms with E-state index in [2.05, 4.69) is 43.2 Å². The van der Waals surface area contributed by atoms with E-state index in [1.165, 1.54) is 10.9 Å². The van der Waals surface area contributed by atoms with Crippen molar-refractivity contribution in [3.63, 3.8) is 0 Å². The molecule has 4 rings (SSSR count). The maximum atomic E-state index is 10.7. The first-order chi connectivity index (χ1) is 11.9. The van der Waals surface area contributed by atoms with E-state index in [1.807, 2.05) is 19.1 Å². The lowest BCUT2D eigenvalue weighted by Gasteiger charge is -2.57. The third-order valence-electron chi connectivity index (χ3n) is 6.45. The number of aliphatic hydroxyl groups is 1. The van der Waals surface area contributed by atoms with E-state index in [0.29, 0.717) is 12.0 Å². The van der Waals surface area contributed by atoms with E-state index >= 15 is 0 Å². The number of nitrogens with one attached hydrogen (secondary N) is 1. The predicted octanol–water partition coefficient (Wildman–Crippen LogP) is 3.31. The molecular formula is C21H30N2O2. The molecule has 25 heavy (non-hydrogen) atoms. The Kier molecular flexibility index (Phi) is 4.18. The maximum absolute atomic E-state index is 10.7. The average molecular weight is 342 g/mol. The summed E-state index contributed by atoms with van der Waals surface area (Å²) >= 11 is 0. The Morgan fingerprint density at radius 1 is 1.32 bits per heavy atom. The zero-order valence-electron chi connectivity index (χ0n) is 15.7. The number of nitrogens with zero attached hydrogens (tertiary/aromatic N) is 1. The number of furan rings is 1. The molecule has 0 radical (unpaired) electrons. The Morgan fingerprint density at radius 2 is 2.08 bits per heavy atom. The van der Waals surface area contributed by atoms with Crippen LogP contribution in [0.4, 0.5) is 0 Å². The van der Waals surface area contributed by atoms with E-state index in [1.54, 1.807) is 0 Å². The van der Waals surface area contributed by atoms with Crippen molar-refractivity contribution in [3.8, 4) is 0 Å². The normalized spacial score (nSPS) is 32.8. The highest BCUT2D eigenvalue weighted by atomic mass is 16.3. The fourth-order valence-corrected chi connectivity index (χ4v) is 5.73. The molecule has 2 aromatic rings. The zero-order chi connectivity index (χ0) is 17.8. The van der Waals surface area contributed by atoms with Gasteiger partial charge in [-0.1, -0.05) is 32.0 Å². The summed E-state index contributed by atoms with van der Waals surface area (Å²) in [6, 6.07) is 8.95. The Morgan fingerprint density at radius 3 is 2.80 bits per heavy atom. The van der Waals surface area contributed by atoms with E-state index in [9.17, 15) is 5.11 Å². The molecule has 2 aliphatic rings. The Balaban J connectivity index is 1.48. The predicted molar refractivity (Wildman–Crippen MR) is 101 cm³/mol. The fraction of sp³-hybridized carbons (Fsp3) is 0.619. The third kappa shape index (κ3) is 2.71. The molecule has 1 saturated carbocycles. The van der Waals surface area contributed by atoms with Crippen LogP contribution >= 0.6 is 0 Å². The molecule has 1 spiro atoms. The molecule has 1 saturated heterocycles. The minimum absolute atomic E-state index is 0.169. The van der Waals surface area contributed by atoms with Crippen LogP contribution in [-0.4, -0.2) is 41.8 Å². The van der Waals surface area contributed by atoms with Crippen molar-refractivity contribution in [2.24, 2.45) is 11.3 Å². The number of hydrogen-bond acceptors (Lipinski definition) is 4. The van der Waals surface area contributed by atoms with Crippen LogP contribution in [-0.2, 0) is 6.54 Å². The third-order valence-corrected chi connectivity index (χ3v) is 6.45. The minimum Gasteiger partial charge on any atom is -0.461 e. The number of benzene rings is 1. The number of aryl methyl sites for hydroxylation is 1. The Hall–Kier alpha value is -1.36. The summed E-state index contributed by atoms with van der Waals surface area (Å²) in [6.45, 7) is 8.49. The van der Waals surface area contributed by atoms with Crippen molar-refractivity contribution in [1.82, 2.24) is 10.2 Å². The number of hydrogen-bond donors (Lipinski definition) is 2. The van der Waals surface area contributed by atoms with Gasteiger partial charge in [-0.2, -0.15) is 0 Å². The molecule has 4 heteroatoms. The van der Waals surface area contributed by atoms with E-state index in [-0.39, 0.29) is 17.6 Å². The van der Waals surface area contributed by atoms with Gasteiger partial charge in [0.15, 0.2) is 0 Å². The lowest BCUT2D eigenvalue weighted by Crippen LogP contribution is -2.64. The van der Waals surface area contributed by atoms with E-state index in [4.69, 9.17) is 4.42 Å². The van der Waals surface area contributed by atoms with Crippen molar-refractivity contribution in [2.75, 3.05) is 13.6 Å². The van der Waals surface area contributed by atoms with E-state index < -0.39 is 0 Å². The SMILES string of the molecule is Cc1oc2ccccc2c1CN[C@@H]1CC2(C[C@H]1O)CN(C)C2C(C)C. The van der Waals surface area contributed by atoms with Gasteiger partial charge in [0.2, 0.25) is 0 Å². The summed E-state index contributed by atoms with van der Waals surface area (Å²) in [5.41, 5.74) is 2.45. The summed E-state index contributed by atoms with van der Waals surface area (Å²) in [6.07, 6.45) is 1.73. The second-order valence-electron chi connectivity index (χ2n) is 8.56. The fourth-order valence-electron chi connectivity index (χ4n) is 5.73. The van der Waals surface area contributed by atoms with Crippen LogP contribution in [0, 0.1) is 18.3 Å². The Bertz CT molecular complexity index is 764. The highest BCUT2D eigenvalue weighted by Crippen LogP contribution is 2.52. The molecule has 4 atom stereocenters.